The molecule has 1 aliphatic carbocycles. The lowest BCUT2D eigenvalue weighted by atomic mass is 10.0. The van der Waals surface area contributed by atoms with Crippen molar-refractivity contribution in [1.29, 1.82) is 0 Å². The summed E-state index contributed by atoms with van der Waals surface area (Å²) in [7, 11) is 2.20. The second-order valence-electron chi connectivity index (χ2n) is 7.37. The van der Waals surface area contributed by atoms with Crippen LogP contribution < -0.4 is 10.2 Å². The molecular formula is C18H29ClN2. The molecule has 0 radical (unpaired) electrons. The second-order valence-corrected chi connectivity index (χ2v) is 7.78. The molecule has 1 saturated carbocycles. The van der Waals surface area contributed by atoms with Gasteiger partial charge >= 0.3 is 0 Å². The fourth-order valence-electron chi connectivity index (χ4n) is 3.11. The maximum absolute atomic E-state index is 6.45. The van der Waals surface area contributed by atoms with Crippen LogP contribution in [0.2, 0.25) is 5.02 Å². The van der Waals surface area contributed by atoms with E-state index in [1.807, 2.05) is 6.07 Å². The summed E-state index contributed by atoms with van der Waals surface area (Å²) in [6, 6.07) is 6.25. The summed E-state index contributed by atoms with van der Waals surface area (Å²) in [6.45, 7) is 8.51. The van der Waals surface area contributed by atoms with Crippen LogP contribution in [-0.2, 0) is 6.54 Å². The molecule has 0 aliphatic heterocycles. The normalized spacial score (nSPS) is 16.4. The Kier molecular flexibility index (Phi) is 5.56. The average Bonchev–Trinajstić information content (AvgIpc) is 2.88. The van der Waals surface area contributed by atoms with Crippen LogP contribution in [0.15, 0.2) is 18.2 Å². The lowest BCUT2D eigenvalue weighted by Crippen LogP contribution is -2.36. The standard InChI is InChI=1S/C18H29ClN2/c1-18(2,3)20-12-15-16(19)10-7-11-17(15)21(4)13-14-8-5-6-9-14/h7,10-11,14,20H,5-6,8-9,12-13H2,1-4H3. The first-order valence-electron chi connectivity index (χ1n) is 8.10. The van der Waals surface area contributed by atoms with Gasteiger partial charge in [-0.3, -0.25) is 0 Å². The van der Waals surface area contributed by atoms with Gasteiger partial charge in [-0.25, -0.2) is 0 Å². The Balaban J connectivity index is 2.11. The molecule has 1 aliphatic rings. The zero-order valence-corrected chi connectivity index (χ0v) is 14.6. The molecular weight excluding hydrogens is 280 g/mol. The van der Waals surface area contributed by atoms with E-state index in [4.69, 9.17) is 11.6 Å². The van der Waals surface area contributed by atoms with Gasteiger partial charge in [-0.15, -0.1) is 0 Å². The number of benzene rings is 1. The molecule has 2 rings (SSSR count). The van der Waals surface area contributed by atoms with E-state index in [2.05, 4.69) is 50.2 Å². The molecule has 0 heterocycles. The van der Waals surface area contributed by atoms with E-state index < -0.39 is 0 Å². The highest BCUT2D eigenvalue weighted by molar-refractivity contribution is 6.31. The van der Waals surface area contributed by atoms with Crippen molar-refractivity contribution in [2.24, 2.45) is 5.92 Å². The van der Waals surface area contributed by atoms with Crippen LogP contribution in [0.4, 0.5) is 5.69 Å². The van der Waals surface area contributed by atoms with E-state index in [0.29, 0.717) is 0 Å². The SMILES string of the molecule is CN(CC1CCCC1)c1cccc(Cl)c1CNC(C)(C)C. The molecule has 1 fully saturated rings. The number of anilines is 1. The van der Waals surface area contributed by atoms with E-state index in [0.717, 1.165) is 24.0 Å². The average molecular weight is 309 g/mol. The number of halogens is 1. The number of hydrogen-bond donors (Lipinski definition) is 1. The van der Waals surface area contributed by atoms with Crippen LogP contribution in [0, 0.1) is 5.92 Å². The predicted octanol–water partition coefficient (Wildman–Crippen LogP) is 4.85. The van der Waals surface area contributed by atoms with Crippen molar-refractivity contribution in [2.45, 2.75) is 58.5 Å². The Morgan fingerprint density at radius 2 is 1.90 bits per heavy atom. The summed E-state index contributed by atoms with van der Waals surface area (Å²) in [4.78, 5) is 2.39. The zero-order chi connectivity index (χ0) is 15.5. The van der Waals surface area contributed by atoms with E-state index in [9.17, 15) is 0 Å². The minimum absolute atomic E-state index is 0.0977. The molecule has 0 saturated heterocycles. The molecule has 1 aromatic carbocycles. The van der Waals surface area contributed by atoms with Crippen LogP contribution in [0.1, 0.15) is 52.0 Å². The largest absolute Gasteiger partial charge is 0.374 e. The minimum atomic E-state index is 0.0977. The molecule has 0 amide bonds. The Hall–Kier alpha value is -0.730. The highest BCUT2D eigenvalue weighted by atomic mass is 35.5. The third-order valence-corrected chi connectivity index (χ3v) is 4.66. The molecule has 0 atom stereocenters. The molecule has 0 unspecified atom stereocenters. The van der Waals surface area contributed by atoms with Crippen molar-refractivity contribution in [3.05, 3.63) is 28.8 Å². The van der Waals surface area contributed by atoms with Crippen LogP contribution in [0.3, 0.4) is 0 Å². The topological polar surface area (TPSA) is 15.3 Å². The molecule has 21 heavy (non-hydrogen) atoms. The van der Waals surface area contributed by atoms with Crippen molar-refractivity contribution in [1.82, 2.24) is 5.32 Å². The molecule has 1 aromatic rings. The first-order valence-corrected chi connectivity index (χ1v) is 8.48. The van der Waals surface area contributed by atoms with Gasteiger partial charge in [0.25, 0.3) is 0 Å². The Bertz CT molecular complexity index is 459. The van der Waals surface area contributed by atoms with Gasteiger partial charge in [0.2, 0.25) is 0 Å². The lowest BCUT2D eigenvalue weighted by Gasteiger charge is -2.28. The molecule has 0 bridgehead atoms. The van der Waals surface area contributed by atoms with E-state index >= 15 is 0 Å². The summed E-state index contributed by atoms with van der Waals surface area (Å²) in [5.74, 6) is 0.845. The van der Waals surface area contributed by atoms with E-state index in [1.54, 1.807) is 0 Å². The van der Waals surface area contributed by atoms with Gasteiger partial charge in [0.05, 0.1) is 0 Å². The molecule has 2 nitrogen and oxygen atoms in total. The Morgan fingerprint density at radius 1 is 1.24 bits per heavy atom. The monoisotopic (exact) mass is 308 g/mol. The second kappa shape index (κ2) is 7.02. The molecule has 1 N–H and O–H groups in total. The Labute approximate surface area is 134 Å². The quantitative estimate of drug-likeness (QED) is 0.836. The van der Waals surface area contributed by atoms with Crippen molar-refractivity contribution in [2.75, 3.05) is 18.5 Å². The van der Waals surface area contributed by atoms with Gasteiger partial charge in [-0.05, 0) is 51.7 Å². The highest BCUT2D eigenvalue weighted by Crippen LogP contribution is 2.31. The molecule has 0 aromatic heterocycles. The van der Waals surface area contributed by atoms with Gasteiger partial charge in [0, 0.05) is 41.9 Å². The Morgan fingerprint density at radius 3 is 2.52 bits per heavy atom. The van der Waals surface area contributed by atoms with Crippen molar-refractivity contribution in [3.63, 3.8) is 0 Å². The van der Waals surface area contributed by atoms with Crippen LogP contribution in [0.25, 0.3) is 0 Å². The third kappa shape index (κ3) is 4.89. The molecule has 3 heteroatoms. The summed E-state index contributed by atoms with van der Waals surface area (Å²) < 4.78 is 0. The summed E-state index contributed by atoms with van der Waals surface area (Å²) in [5.41, 5.74) is 2.58. The summed E-state index contributed by atoms with van der Waals surface area (Å²) in [6.07, 6.45) is 5.54. The first kappa shape index (κ1) is 16.6. The molecule has 118 valence electrons. The van der Waals surface area contributed by atoms with Gasteiger partial charge in [-0.2, -0.15) is 0 Å². The predicted molar refractivity (Wildman–Crippen MR) is 93.3 cm³/mol. The fraction of sp³-hybridized carbons (Fsp3) is 0.667. The van der Waals surface area contributed by atoms with E-state index in [-0.39, 0.29) is 5.54 Å². The number of hydrogen-bond acceptors (Lipinski definition) is 2. The fourth-order valence-corrected chi connectivity index (χ4v) is 3.35. The smallest absolute Gasteiger partial charge is 0.0471 e. The molecule has 0 spiro atoms. The summed E-state index contributed by atoms with van der Waals surface area (Å²) in [5, 5.41) is 4.42. The first-order chi connectivity index (χ1) is 9.87. The number of nitrogens with one attached hydrogen (secondary N) is 1. The van der Waals surface area contributed by atoms with Gasteiger partial charge in [0.15, 0.2) is 0 Å². The van der Waals surface area contributed by atoms with Crippen LogP contribution in [-0.4, -0.2) is 19.1 Å². The van der Waals surface area contributed by atoms with Gasteiger partial charge in [-0.1, -0.05) is 30.5 Å². The summed E-state index contributed by atoms with van der Waals surface area (Å²) >= 11 is 6.45. The number of rotatable bonds is 5. The van der Waals surface area contributed by atoms with Crippen molar-refractivity contribution < 1.29 is 0 Å². The van der Waals surface area contributed by atoms with Gasteiger partial charge in [0.1, 0.15) is 0 Å². The van der Waals surface area contributed by atoms with Crippen molar-refractivity contribution in [3.8, 4) is 0 Å². The third-order valence-electron chi connectivity index (χ3n) is 4.31. The van der Waals surface area contributed by atoms with Crippen molar-refractivity contribution >= 4 is 17.3 Å². The lowest BCUT2D eigenvalue weighted by molar-refractivity contribution is 0.424. The maximum atomic E-state index is 6.45. The van der Waals surface area contributed by atoms with Crippen LogP contribution in [0.5, 0.6) is 0 Å². The number of nitrogens with zero attached hydrogens (tertiary/aromatic N) is 1. The maximum Gasteiger partial charge on any atom is 0.0471 e. The van der Waals surface area contributed by atoms with E-state index in [1.165, 1.54) is 36.9 Å². The van der Waals surface area contributed by atoms with Gasteiger partial charge < -0.3 is 10.2 Å². The minimum Gasteiger partial charge on any atom is -0.374 e. The van der Waals surface area contributed by atoms with Crippen LogP contribution >= 0.6 is 11.6 Å². The zero-order valence-electron chi connectivity index (χ0n) is 13.9. The highest BCUT2D eigenvalue weighted by Gasteiger charge is 2.19.